The van der Waals surface area contributed by atoms with Crippen LogP contribution in [0.4, 0.5) is 18.0 Å². The van der Waals surface area contributed by atoms with Crippen molar-refractivity contribution in [3.8, 4) is 5.75 Å². The lowest BCUT2D eigenvalue weighted by Gasteiger charge is -2.39. The molecule has 1 aliphatic heterocycles. The van der Waals surface area contributed by atoms with Crippen molar-refractivity contribution in [2.45, 2.75) is 70.8 Å². The SMILES string of the molecule is CC(C)(C)OC(=O)N1CCC2(CCC(Oc3ccncc3C(F)(F)F)C2)CC1. The number of carbonyl (C=O) groups excluding carboxylic acids is 1. The number of halogens is 3. The first-order valence-corrected chi connectivity index (χ1v) is 9.63. The van der Waals surface area contributed by atoms with Crippen molar-refractivity contribution in [1.82, 2.24) is 9.88 Å². The highest BCUT2D eigenvalue weighted by molar-refractivity contribution is 5.68. The maximum Gasteiger partial charge on any atom is 0.421 e. The molecule has 1 spiro atoms. The van der Waals surface area contributed by atoms with Crippen molar-refractivity contribution in [2.75, 3.05) is 13.1 Å². The lowest BCUT2D eigenvalue weighted by atomic mass is 9.77. The van der Waals surface area contributed by atoms with E-state index >= 15 is 0 Å². The second kappa shape index (κ2) is 7.44. The Balaban J connectivity index is 1.58. The lowest BCUT2D eigenvalue weighted by molar-refractivity contribution is -0.139. The van der Waals surface area contributed by atoms with E-state index in [0.717, 1.165) is 25.5 Å². The van der Waals surface area contributed by atoms with Gasteiger partial charge < -0.3 is 14.4 Å². The van der Waals surface area contributed by atoms with Crippen molar-refractivity contribution in [1.29, 1.82) is 0 Å². The van der Waals surface area contributed by atoms with E-state index in [9.17, 15) is 18.0 Å². The zero-order chi connectivity index (χ0) is 20.6. The smallest absolute Gasteiger partial charge is 0.421 e. The fraction of sp³-hybridized carbons (Fsp3) is 0.700. The Labute approximate surface area is 163 Å². The van der Waals surface area contributed by atoms with Crippen LogP contribution in [0, 0.1) is 5.41 Å². The van der Waals surface area contributed by atoms with Gasteiger partial charge in [-0.05, 0) is 64.4 Å². The van der Waals surface area contributed by atoms with Crippen LogP contribution in [-0.4, -0.2) is 40.8 Å². The van der Waals surface area contributed by atoms with Gasteiger partial charge in [0, 0.05) is 25.5 Å². The molecular weight excluding hydrogens is 373 g/mol. The largest absolute Gasteiger partial charge is 0.490 e. The van der Waals surface area contributed by atoms with E-state index in [1.807, 2.05) is 20.8 Å². The van der Waals surface area contributed by atoms with Gasteiger partial charge in [-0.15, -0.1) is 0 Å². The molecule has 1 aromatic heterocycles. The van der Waals surface area contributed by atoms with Gasteiger partial charge in [0.2, 0.25) is 0 Å². The molecule has 1 atom stereocenters. The number of piperidine rings is 1. The number of hydrogen-bond donors (Lipinski definition) is 0. The number of pyridine rings is 1. The molecule has 1 saturated heterocycles. The third-order valence-corrected chi connectivity index (χ3v) is 5.51. The number of alkyl halides is 3. The van der Waals surface area contributed by atoms with E-state index in [2.05, 4.69) is 4.98 Å². The molecule has 3 rings (SSSR count). The molecule has 0 N–H and O–H groups in total. The van der Waals surface area contributed by atoms with Gasteiger partial charge in [-0.2, -0.15) is 13.2 Å². The molecule has 1 amide bonds. The summed E-state index contributed by atoms with van der Waals surface area (Å²) in [5.41, 5.74) is -1.34. The van der Waals surface area contributed by atoms with Crippen molar-refractivity contribution in [2.24, 2.45) is 5.41 Å². The molecule has 5 nitrogen and oxygen atoms in total. The summed E-state index contributed by atoms with van der Waals surface area (Å²) in [6, 6.07) is 1.28. The third kappa shape index (κ3) is 4.89. The molecular formula is C20H27F3N2O3. The molecule has 2 heterocycles. The quantitative estimate of drug-likeness (QED) is 0.697. The first kappa shape index (κ1) is 20.7. The monoisotopic (exact) mass is 400 g/mol. The molecule has 1 saturated carbocycles. The second-order valence-corrected chi connectivity index (χ2v) is 8.82. The van der Waals surface area contributed by atoms with E-state index in [1.54, 1.807) is 4.90 Å². The molecule has 156 valence electrons. The second-order valence-electron chi connectivity index (χ2n) is 8.82. The molecule has 0 aromatic carbocycles. The van der Waals surface area contributed by atoms with Gasteiger partial charge in [-0.1, -0.05) is 0 Å². The highest BCUT2D eigenvalue weighted by Gasteiger charge is 2.44. The summed E-state index contributed by atoms with van der Waals surface area (Å²) >= 11 is 0. The molecule has 8 heteroatoms. The Kier molecular flexibility index (Phi) is 5.51. The van der Waals surface area contributed by atoms with Gasteiger partial charge in [0.15, 0.2) is 0 Å². The predicted octanol–water partition coefficient (Wildman–Crippen LogP) is 5.05. The highest BCUT2D eigenvalue weighted by atomic mass is 19.4. The summed E-state index contributed by atoms with van der Waals surface area (Å²) in [6.07, 6.45) is 1.01. The molecule has 2 aliphatic rings. The third-order valence-electron chi connectivity index (χ3n) is 5.51. The minimum Gasteiger partial charge on any atom is -0.490 e. The summed E-state index contributed by atoms with van der Waals surface area (Å²) in [5, 5.41) is 0. The maximum atomic E-state index is 13.1. The fourth-order valence-corrected chi connectivity index (χ4v) is 4.08. The van der Waals surface area contributed by atoms with Crippen molar-refractivity contribution in [3.63, 3.8) is 0 Å². The molecule has 28 heavy (non-hydrogen) atoms. The van der Waals surface area contributed by atoms with Crippen LogP contribution in [0.1, 0.15) is 58.4 Å². The van der Waals surface area contributed by atoms with Crippen molar-refractivity contribution < 1.29 is 27.4 Å². The van der Waals surface area contributed by atoms with Gasteiger partial charge in [0.25, 0.3) is 0 Å². The van der Waals surface area contributed by atoms with Crippen LogP contribution in [0.2, 0.25) is 0 Å². The molecule has 2 fully saturated rings. The van der Waals surface area contributed by atoms with Gasteiger partial charge in [-0.25, -0.2) is 4.79 Å². The van der Waals surface area contributed by atoms with Crippen LogP contribution in [0.3, 0.4) is 0 Å². The predicted molar refractivity (Wildman–Crippen MR) is 97.0 cm³/mol. The Morgan fingerprint density at radius 2 is 1.89 bits per heavy atom. The van der Waals surface area contributed by atoms with Crippen LogP contribution < -0.4 is 4.74 Å². The standard InChI is InChI=1S/C20H27F3N2O3/c1-18(2,3)28-17(26)25-10-7-19(8-11-25)6-4-14(12-19)27-16-5-9-24-13-15(16)20(21,22)23/h5,9,13-14H,4,6-8,10-12H2,1-3H3. The molecule has 1 unspecified atom stereocenters. The Morgan fingerprint density at radius 1 is 1.21 bits per heavy atom. The topological polar surface area (TPSA) is 51.7 Å². The van der Waals surface area contributed by atoms with Crippen LogP contribution in [0.25, 0.3) is 0 Å². The summed E-state index contributed by atoms with van der Waals surface area (Å²) in [5.74, 6) is -0.157. The van der Waals surface area contributed by atoms with Gasteiger partial charge in [0.05, 0.1) is 6.10 Å². The van der Waals surface area contributed by atoms with E-state index in [-0.39, 0.29) is 23.4 Å². The Hall–Kier alpha value is -1.99. The number of nitrogens with zero attached hydrogens (tertiary/aromatic N) is 2. The van der Waals surface area contributed by atoms with Crippen LogP contribution in [0.5, 0.6) is 5.75 Å². The van der Waals surface area contributed by atoms with Crippen LogP contribution >= 0.6 is 0 Å². The average Bonchev–Trinajstić information content (AvgIpc) is 2.95. The molecule has 1 aliphatic carbocycles. The molecule has 1 aromatic rings. The first-order valence-electron chi connectivity index (χ1n) is 9.63. The van der Waals surface area contributed by atoms with Crippen molar-refractivity contribution >= 4 is 6.09 Å². The number of hydrogen-bond acceptors (Lipinski definition) is 4. The van der Waals surface area contributed by atoms with Gasteiger partial charge in [0.1, 0.15) is 16.9 Å². The number of rotatable bonds is 2. The van der Waals surface area contributed by atoms with E-state index in [0.29, 0.717) is 25.9 Å². The van der Waals surface area contributed by atoms with Crippen LogP contribution in [-0.2, 0) is 10.9 Å². The van der Waals surface area contributed by atoms with E-state index in [1.165, 1.54) is 12.3 Å². The lowest BCUT2D eigenvalue weighted by Crippen LogP contribution is -2.44. The Morgan fingerprint density at radius 3 is 2.50 bits per heavy atom. The summed E-state index contributed by atoms with van der Waals surface area (Å²) in [7, 11) is 0. The average molecular weight is 400 g/mol. The molecule has 0 radical (unpaired) electrons. The fourth-order valence-electron chi connectivity index (χ4n) is 4.08. The minimum absolute atomic E-state index is 0.0224. The van der Waals surface area contributed by atoms with E-state index in [4.69, 9.17) is 9.47 Å². The maximum absolute atomic E-state index is 13.1. The van der Waals surface area contributed by atoms with Crippen LogP contribution in [0.15, 0.2) is 18.5 Å². The van der Waals surface area contributed by atoms with Crippen molar-refractivity contribution in [3.05, 3.63) is 24.0 Å². The summed E-state index contributed by atoms with van der Waals surface area (Å²) in [6.45, 7) is 6.71. The zero-order valence-corrected chi connectivity index (χ0v) is 16.5. The van der Waals surface area contributed by atoms with Gasteiger partial charge in [-0.3, -0.25) is 4.98 Å². The first-order chi connectivity index (χ1) is 13.0. The minimum atomic E-state index is -4.49. The van der Waals surface area contributed by atoms with E-state index < -0.39 is 17.3 Å². The summed E-state index contributed by atoms with van der Waals surface area (Å²) in [4.78, 5) is 17.5. The number of amides is 1. The Bertz CT molecular complexity index is 707. The van der Waals surface area contributed by atoms with Gasteiger partial charge >= 0.3 is 12.3 Å². The highest BCUT2D eigenvalue weighted by Crippen LogP contribution is 2.48. The number of carbonyl (C=O) groups is 1. The normalized spacial score (nSPS) is 22.4. The number of aromatic nitrogens is 1. The number of ether oxygens (including phenoxy) is 2. The zero-order valence-electron chi connectivity index (χ0n) is 16.5. The molecule has 0 bridgehead atoms. The summed E-state index contributed by atoms with van der Waals surface area (Å²) < 4.78 is 50.6. The number of likely N-dealkylation sites (tertiary alicyclic amines) is 1.